The first kappa shape index (κ1) is 12.7. The van der Waals surface area contributed by atoms with E-state index in [2.05, 4.69) is 16.9 Å². The van der Waals surface area contributed by atoms with Crippen molar-refractivity contribution in [2.24, 2.45) is 0 Å². The quantitative estimate of drug-likeness (QED) is 0.740. The van der Waals surface area contributed by atoms with Gasteiger partial charge in [-0.3, -0.25) is 4.79 Å². The Balaban J connectivity index is 1.75. The van der Waals surface area contributed by atoms with Crippen LogP contribution in [0.3, 0.4) is 0 Å². The minimum Gasteiger partial charge on any atom is -0.397 e. The number of fused-ring (bicyclic) bond motifs is 1. The molecule has 102 valence electrons. The summed E-state index contributed by atoms with van der Waals surface area (Å²) in [6.45, 7) is 0.936. The predicted molar refractivity (Wildman–Crippen MR) is 81.8 cm³/mol. The Morgan fingerprint density at radius 2 is 2.26 bits per heavy atom. The highest BCUT2D eigenvalue weighted by Gasteiger charge is 2.36. The number of anilines is 3. The number of benzene rings is 1. The van der Waals surface area contributed by atoms with Crippen molar-refractivity contribution in [2.75, 3.05) is 29.2 Å². The van der Waals surface area contributed by atoms with E-state index in [9.17, 15) is 4.79 Å². The second-order valence-electron chi connectivity index (χ2n) is 5.42. The second-order valence-corrected chi connectivity index (χ2v) is 6.69. The molecule has 1 saturated carbocycles. The summed E-state index contributed by atoms with van der Waals surface area (Å²) < 4.78 is 0.370. The molecule has 0 bridgehead atoms. The summed E-state index contributed by atoms with van der Waals surface area (Å²) in [5, 5.41) is 6.32. The summed E-state index contributed by atoms with van der Waals surface area (Å²) in [6, 6.07) is 3.87. The van der Waals surface area contributed by atoms with Crippen LogP contribution in [0.4, 0.5) is 17.1 Å². The minimum atomic E-state index is 0.0473. The number of rotatable bonds is 4. The number of hydrogen-bond donors (Lipinski definition) is 3. The Kier molecular flexibility index (Phi) is 3.09. The van der Waals surface area contributed by atoms with Crippen LogP contribution in [0.25, 0.3) is 0 Å². The van der Waals surface area contributed by atoms with Crippen LogP contribution in [0.2, 0.25) is 0 Å². The molecule has 2 aliphatic rings. The molecule has 3 rings (SSSR count). The zero-order chi connectivity index (χ0) is 13.5. The monoisotopic (exact) mass is 277 g/mol. The number of amides is 1. The Morgan fingerprint density at radius 1 is 1.47 bits per heavy atom. The lowest BCUT2D eigenvalue weighted by atomic mass is 9.84. The fourth-order valence-electron chi connectivity index (χ4n) is 2.73. The zero-order valence-corrected chi connectivity index (χ0v) is 11.9. The molecule has 1 amide bonds. The molecule has 19 heavy (non-hydrogen) atoms. The number of nitrogens with one attached hydrogen (secondary N) is 2. The van der Waals surface area contributed by atoms with E-state index in [1.54, 1.807) is 0 Å². The van der Waals surface area contributed by atoms with Gasteiger partial charge < -0.3 is 16.4 Å². The van der Waals surface area contributed by atoms with Gasteiger partial charge in [-0.1, -0.05) is 6.42 Å². The predicted octanol–water partition coefficient (Wildman–Crippen LogP) is 2.46. The number of thioether (sulfide) groups is 1. The molecule has 1 aliphatic carbocycles. The van der Waals surface area contributed by atoms with Crippen molar-refractivity contribution in [3.8, 4) is 0 Å². The molecule has 4 nitrogen and oxygen atoms in total. The SMILES string of the molecule is CSC1(CNc2cc3c(cc2N)CC(=O)N3)CCC1. The highest BCUT2D eigenvalue weighted by molar-refractivity contribution is 8.00. The van der Waals surface area contributed by atoms with Crippen molar-refractivity contribution in [3.05, 3.63) is 17.7 Å². The van der Waals surface area contributed by atoms with Crippen molar-refractivity contribution in [1.82, 2.24) is 0 Å². The van der Waals surface area contributed by atoms with Crippen molar-refractivity contribution in [2.45, 2.75) is 30.4 Å². The largest absolute Gasteiger partial charge is 0.397 e. The molecule has 0 saturated heterocycles. The lowest BCUT2D eigenvalue weighted by Crippen LogP contribution is -2.40. The number of carbonyl (C=O) groups is 1. The van der Waals surface area contributed by atoms with E-state index in [0.717, 1.165) is 29.2 Å². The van der Waals surface area contributed by atoms with Gasteiger partial charge in [0, 0.05) is 17.0 Å². The molecule has 0 spiro atoms. The molecule has 5 heteroatoms. The number of nitrogen functional groups attached to an aromatic ring is 1. The number of hydrogen-bond acceptors (Lipinski definition) is 4. The summed E-state index contributed by atoms with van der Waals surface area (Å²) in [5.41, 5.74) is 9.61. The van der Waals surface area contributed by atoms with Crippen LogP contribution in [0.1, 0.15) is 24.8 Å². The van der Waals surface area contributed by atoms with Crippen molar-refractivity contribution < 1.29 is 4.79 Å². The van der Waals surface area contributed by atoms with Gasteiger partial charge >= 0.3 is 0 Å². The van der Waals surface area contributed by atoms with E-state index in [-0.39, 0.29) is 5.91 Å². The van der Waals surface area contributed by atoms with Gasteiger partial charge in [-0.25, -0.2) is 0 Å². The third-order valence-corrected chi connectivity index (χ3v) is 5.62. The third kappa shape index (κ3) is 2.27. The zero-order valence-electron chi connectivity index (χ0n) is 11.1. The first-order valence-corrected chi connectivity index (χ1v) is 7.86. The Bertz CT molecular complexity index is 520. The smallest absolute Gasteiger partial charge is 0.228 e. The molecule has 1 aliphatic heterocycles. The van der Waals surface area contributed by atoms with E-state index >= 15 is 0 Å². The molecule has 0 unspecified atom stereocenters. The second kappa shape index (κ2) is 4.63. The maximum Gasteiger partial charge on any atom is 0.228 e. The normalized spacial score (nSPS) is 19.5. The van der Waals surface area contributed by atoms with E-state index < -0.39 is 0 Å². The van der Waals surface area contributed by atoms with Gasteiger partial charge in [-0.05, 0) is 36.8 Å². The van der Waals surface area contributed by atoms with Crippen LogP contribution in [-0.2, 0) is 11.2 Å². The van der Waals surface area contributed by atoms with E-state index in [0.29, 0.717) is 11.2 Å². The fraction of sp³-hybridized carbons (Fsp3) is 0.500. The summed E-state index contributed by atoms with van der Waals surface area (Å²) in [7, 11) is 0. The van der Waals surface area contributed by atoms with E-state index in [1.807, 2.05) is 23.9 Å². The Labute approximate surface area is 117 Å². The van der Waals surface area contributed by atoms with E-state index in [1.165, 1.54) is 19.3 Å². The van der Waals surface area contributed by atoms with E-state index in [4.69, 9.17) is 5.73 Å². The van der Waals surface area contributed by atoms with Gasteiger partial charge in [0.2, 0.25) is 5.91 Å². The summed E-state index contributed by atoms with van der Waals surface area (Å²) in [5.74, 6) is 0.0473. The molecule has 0 atom stereocenters. The molecule has 1 heterocycles. The first-order valence-electron chi connectivity index (χ1n) is 6.63. The maximum atomic E-state index is 11.4. The summed E-state index contributed by atoms with van der Waals surface area (Å²) in [6.07, 6.45) is 6.46. The lowest BCUT2D eigenvalue weighted by molar-refractivity contribution is -0.115. The van der Waals surface area contributed by atoms with Crippen LogP contribution in [0, 0.1) is 0 Å². The Hall–Kier alpha value is -1.36. The van der Waals surface area contributed by atoms with Crippen LogP contribution >= 0.6 is 11.8 Å². The molecular formula is C14H19N3OS. The topological polar surface area (TPSA) is 67.1 Å². The molecule has 1 fully saturated rings. The van der Waals surface area contributed by atoms with Crippen LogP contribution in [0.5, 0.6) is 0 Å². The lowest BCUT2D eigenvalue weighted by Gasteiger charge is -2.40. The van der Waals surface area contributed by atoms with Gasteiger partial charge in [-0.2, -0.15) is 11.8 Å². The van der Waals surface area contributed by atoms with Crippen molar-refractivity contribution in [3.63, 3.8) is 0 Å². The van der Waals surface area contributed by atoms with Crippen molar-refractivity contribution in [1.29, 1.82) is 0 Å². The molecular weight excluding hydrogens is 258 g/mol. The van der Waals surface area contributed by atoms with Crippen LogP contribution in [0.15, 0.2) is 12.1 Å². The van der Waals surface area contributed by atoms with Crippen LogP contribution in [-0.4, -0.2) is 23.5 Å². The third-order valence-electron chi connectivity index (χ3n) is 4.20. The number of carbonyl (C=O) groups excluding carboxylic acids is 1. The average molecular weight is 277 g/mol. The Morgan fingerprint density at radius 3 is 2.89 bits per heavy atom. The van der Waals surface area contributed by atoms with Gasteiger partial charge in [0.25, 0.3) is 0 Å². The standard InChI is InChI=1S/C14H19N3OS/c1-19-14(3-2-4-14)8-16-12-7-11-9(5-10(12)15)6-13(18)17-11/h5,7,16H,2-4,6,8,15H2,1H3,(H,17,18). The molecule has 4 N–H and O–H groups in total. The first-order chi connectivity index (χ1) is 9.12. The highest BCUT2D eigenvalue weighted by Crippen LogP contribution is 2.43. The maximum absolute atomic E-state index is 11.4. The van der Waals surface area contributed by atoms with Crippen LogP contribution < -0.4 is 16.4 Å². The molecule has 1 aromatic rings. The molecule has 0 radical (unpaired) electrons. The molecule has 0 aromatic heterocycles. The van der Waals surface area contributed by atoms with Gasteiger partial charge in [0.1, 0.15) is 0 Å². The van der Waals surface area contributed by atoms with Gasteiger partial charge in [-0.15, -0.1) is 0 Å². The van der Waals surface area contributed by atoms with Crippen molar-refractivity contribution >= 4 is 34.7 Å². The minimum absolute atomic E-state index is 0.0473. The average Bonchev–Trinajstić information content (AvgIpc) is 2.67. The van der Waals surface area contributed by atoms with Gasteiger partial charge in [0.05, 0.1) is 17.8 Å². The van der Waals surface area contributed by atoms with Gasteiger partial charge in [0.15, 0.2) is 0 Å². The summed E-state index contributed by atoms with van der Waals surface area (Å²) >= 11 is 1.94. The molecule has 1 aromatic carbocycles. The number of nitrogens with two attached hydrogens (primary N) is 1. The summed E-state index contributed by atoms with van der Waals surface area (Å²) in [4.78, 5) is 11.4. The highest BCUT2D eigenvalue weighted by atomic mass is 32.2. The fourth-order valence-corrected chi connectivity index (χ4v) is 3.64.